The highest BCUT2D eigenvalue weighted by Crippen LogP contribution is 2.23. The van der Waals surface area contributed by atoms with Crippen LogP contribution in [0.2, 0.25) is 0 Å². The molecule has 1 aromatic rings. The monoisotopic (exact) mass is 218 g/mol. The summed E-state index contributed by atoms with van der Waals surface area (Å²) in [5.41, 5.74) is 4.22. The molecule has 1 heterocycles. The predicted octanol–water partition coefficient (Wildman–Crippen LogP) is 2.74. The molecular formula is C14H22N2. The summed E-state index contributed by atoms with van der Waals surface area (Å²) >= 11 is 0. The molecular weight excluding hydrogens is 196 g/mol. The van der Waals surface area contributed by atoms with Crippen LogP contribution in [0.25, 0.3) is 0 Å². The van der Waals surface area contributed by atoms with E-state index in [0.29, 0.717) is 0 Å². The fourth-order valence-electron chi connectivity index (χ4n) is 2.44. The van der Waals surface area contributed by atoms with Gasteiger partial charge in [0.15, 0.2) is 0 Å². The molecule has 0 radical (unpaired) electrons. The summed E-state index contributed by atoms with van der Waals surface area (Å²) in [6.45, 7) is 7.83. The summed E-state index contributed by atoms with van der Waals surface area (Å²) in [4.78, 5) is 2.39. The molecule has 0 saturated heterocycles. The number of fused-ring (bicyclic) bond motifs is 1. The van der Waals surface area contributed by atoms with Crippen LogP contribution in [0.15, 0.2) is 18.2 Å². The largest absolute Gasteiger partial charge is 0.384 e. The SMILES string of the molecule is CC(C)CN(C)Cc1ccc2c(c1)NCC2. The molecule has 1 aromatic carbocycles. The lowest BCUT2D eigenvalue weighted by atomic mass is 10.1. The molecule has 0 aliphatic carbocycles. The van der Waals surface area contributed by atoms with Crippen molar-refractivity contribution in [2.75, 3.05) is 25.5 Å². The van der Waals surface area contributed by atoms with Gasteiger partial charge >= 0.3 is 0 Å². The number of hydrogen-bond acceptors (Lipinski definition) is 2. The van der Waals surface area contributed by atoms with Gasteiger partial charge in [-0.05, 0) is 36.6 Å². The minimum absolute atomic E-state index is 0.734. The van der Waals surface area contributed by atoms with Crippen LogP contribution in [0, 0.1) is 5.92 Å². The van der Waals surface area contributed by atoms with Crippen LogP contribution in [0.5, 0.6) is 0 Å². The van der Waals surface area contributed by atoms with Gasteiger partial charge in [0.1, 0.15) is 0 Å². The maximum absolute atomic E-state index is 3.44. The highest BCUT2D eigenvalue weighted by molar-refractivity contribution is 5.56. The Morgan fingerprint density at radius 3 is 2.94 bits per heavy atom. The lowest BCUT2D eigenvalue weighted by molar-refractivity contribution is 0.288. The molecule has 0 saturated carbocycles. The molecule has 0 aromatic heterocycles. The van der Waals surface area contributed by atoms with Crippen molar-refractivity contribution in [2.45, 2.75) is 26.8 Å². The second-order valence-corrected chi connectivity index (χ2v) is 5.26. The van der Waals surface area contributed by atoms with E-state index in [0.717, 1.165) is 25.6 Å². The van der Waals surface area contributed by atoms with Crippen LogP contribution < -0.4 is 5.32 Å². The summed E-state index contributed by atoms with van der Waals surface area (Å²) in [6, 6.07) is 6.84. The number of anilines is 1. The molecule has 2 nitrogen and oxygen atoms in total. The number of hydrogen-bond donors (Lipinski definition) is 1. The standard InChI is InChI=1S/C14H22N2/c1-11(2)9-16(3)10-12-4-5-13-6-7-15-14(13)8-12/h4-5,8,11,15H,6-7,9-10H2,1-3H3. The Labute approximate surface area is 98.7 Å². The second-order valence-electron chi connectivity index (χ2n) is 5.26. The van der Waals surface area contributed by atoms with Crippen molar-refractivity contribution in [3.8, 4) is 0 Å². The van der Waals surface area contributed by atoms with Crippen molar-refractivity contribution in [3.63, 3.8) is 0 Å². The fraction of sp³-hybridized carbons (Fsp3) is 0.571. The van der Waals surface area contributed by atoms with Crippen LogP contribution in [0.3, 0.4) is 0 Å². The Bertz CT molecular complexity index is 358. The fourth-order valence-corrected chi connectivity index (χ4v) is 2.44. The summed E-state index contributed by atoms with van der Waals surface area (Å²) in [5.74, 6) is 0.734. The van der Waals surface area contributed by atoms with E-state index in [-0.39, 0.29) is 0 Å². The zero-order chi connectivity index (χ0) is 11.5. The first kappa shape index (κ1) is 11.5. The van der Waals surface area contributed by atoms with Crippen molar-refractivity contribution in [3.05, 3.63) is 29.3 Å². The first-order valence-corrected chi connectivity index (χ1v) is 6.19. The van der Waals surface area contributed by atoms with Gasteiger partial charge in [-0.3, -0.25) is 0 Å². The van der Waals surface area contributed by atoms with E-state index in [4.69, 9.17) is 0 Å². The van der Waals surface area contributed by atoms with Gasteiger partial charge in [-0.15, -0.1) is 0 Å². The van der Waals surface area contributed by atoms with E-state index in [9.17, 15) is 0 Å². The third-order valence-corrected chi connectivity index (χ3v) is 3.01. The highest BCUT2D eigenvalue weighted by Gasteiger charge is 2.10. The Hall–Kier alpha value is -1.02. The average Bonchev–Trinajstić information content (AvgIpc) is 2.63. The average molecular weight is 218 g/mol. The van der Waals surface area contributed by atoms with E-state index in [1.807, 2.05) is 0 Å². The molecule has 0 spiro atoms. The zero-order valence-electron chi connectivity index (χ0n) is 10.6. The van der Waals surface area contributed by atoms with E-state index >= 15 is 0 Å². The van der Waals surface area contributed by atoms with Crippen LogP contribution in [0.1, 0.15) is 25.0 Å². The minimum Gasteiger partial charge on any atom is -0.384 e. The van der Waals surface area contributed by atoms with Crippen LogP contribution in [-0.4, -0.2) is 25.0 Å². The lowest BCUT2D eigenvalue weighted by Gasteiger charge is -2.19. The Balaban J connectivity index is 1.99. The molecule has 88 valence electrons. The Morgan fingerprint density at radius 1 is 1.38 bits per heavy atom. The molecule has 0 atom stereocenters. The van der Waals surface area contributed by atoms with Crippen molar-refractivity contribution < 1.29 is 0 Å². The van der Waals surface area contributed by atoms with Crippen molar-refractivity contribution in [1.29, 1.82) is 0 Å². The number of benzene rings is 1. The molecule has 1 aliphatic heterocycles. The first-order valence-electron chi connectivity index (χ1n) is 6.19. The number of nitrogens with one attached hydrogen (secondary N) is 1. The first-order chi connectivity index (χ1) is 7.65. The summed E-state index contributed by atoms with van der Waals surface area (Å²) < 4.78 is 0. The normalized spacial score (nSPS) is 14.3. The molecule has 0 fully saturated rings. The third-order valence-electron chi connectivity index (χ3n) is 3.01. The molecule has 2 heteroatoms. The van der Waals surface area contributed by atoms with E-state index in [1.54, 1.807) is 0 Å². The van der Waals surface area contributed by atoms with Gasteiger partial charge in [-0.25, -0.2) is 0 Å². The Morgan fingerprint density at radius 2 is 2.19 bits per heavy atom. The predicted molar refractivity (Wildman–Crippen MR) is 69.8 cm³/mol. The van der Waals surface area contributed by atoms with Crippen molar-refractivity contribution in [1.82, 2.24) is 4.90 Å². The number of rotatable bonds is 4. The second kappa shape index (κ2) is 4.88. The van der Waals surface area contributed by atoms with Gasteiger partial charge in [0.25, 0.3) is 0 Å². The molecule has 2 rings (SSSR count). The molecule has 16 heavy (non-hydrogen) atoms. The topological polar surface area (TPSA) is 15.3 Å². The molecule has 0 amide bonds. The quantitative estimate of drug-likeness (QED) is 0.836. The van der Waals surface area contributed by atoms with Gasteiger partial charge in [0, 0.05) is 25.3 Å². The lowest BCUT2D eigenvalue weighted by Crippen LogP contribution is -2.22. The maximum Gasteiger partial charge on any atom is 0.0376 e. The van der Waals surface area contributed by atoms with Crippen LogP contribution in [0.4, 0.5) is 5.69 Å². The number of nitrogens with zero attached hydrogens (tertiary/aromatic N) is 1. The van der Waals surface area contributed by atoms with Crippen LogP contribution in [-0.2, 0) is 13.0 Å². The van der Waals surface area contributed by atoms with E-state index in [2.05, 4.69) is 49.3 Å². The van der Waals surface area contributed by atoms with Gasteiger partial charge in [-0.2, -0.15) is 0 Å². The van der Waals surface area contributed by atoms with Gasteiger partial charge in [-0.1, -0.05) is 26.0 Å². The molecule has 0 unspecified atom stereocenters. The molecule has 1 N–H and O–H groups in total. The van der Waals surface area contributed by atoms with Crippen LogP contribution >= 0.6 is 0 Å². The van der Waals surface area contributed by atoms with Gasteiger partial charge < -0.3 is 10.2 Å². The maximum atomic E-state index is 3.44. The summed E-state index contributed by atoms with van der Waals surface area (Å²) in [6.07, 6.45) is 1.18. The van der Waals surface area contributed by atoms with E-state index < -0.39 is 0 Å². The third kappa shape index (κ3) is 2.76. The molecule has 0 bridgehead atoms. The van der Waals surface area contributed by atoms with E-state index in [1.165, 1.54) is 23.2 Å². The highest BCUT2D eigenvalue weighted by atomic mass is 15.1. The van der Waals surface area contributed by atoms with Gasteiger partial charge in [0.2, 0.25) is 0 Å². The van der Waals surface area contributed by atoms with Gasteiger partial charge in [0.05, 0.1) is 0 Å². The zero-order valence-corrected chi connectivity index (χ0v) is 10.6. The van der Waals surface area contributed by atoms with Crippen molar-refractivity contribution >= 4 is 5.69 Å². The minimum atomic E-state index is 0.734. The summed E-state index contributed by atoms with van der Waals surface area (Å²) in [7, 11) is 2.20. The summed E-state index contributed by atoms with van der Waals surface area (Å²) in [5, 5.41) is 3.44. The smallest absolute Gasteiger partial charge is 0.0376 e. The molecule has 1 aliphatic rings. The van der Waals surface area contributed by atoms with Crippen molar-refractivity contribution in [2.24, 2.45) is 5.92 Å². The Kier molecular flexibility index (Phi) is 3.49.